The topological polar surface area (TPSA) is 12.0 Å². The van der Waals surface area contributed by atoms with Gasteiger partial charge in [-0.05, 0) is 49.6 Å². The minimum Gasteiger partial charge on any atom is -0.314 e. The molecule has 1 unspecified atom stereocenters. The second-order valence-corrected chi connectivity index (χ2v) is 6.09. The molecule has 2 heteroatoms. The summed E-state index contributed by atoms with van der Waals surface area (Å²) >= 11 is 0. The summed E-state index contributed by atoms with van der Waals surface area (Å²) < 4.78 is 13.4. The molecule has 0 aliphatic carbocycles. The van der Waals surface area contributed by atoms with Crippen molar-refractivity contribution in [2.45, 2.75) is 78.2 Å². The number of halogens is 1. The van der Waals surface area contributed by atoms with Crippen molar-refractivity contribution in [1.82, 2.24) is 5.32 Å². The van der Waals surface area contributed by atoms with Crippen molar-refractivity contribution in [2.24, 2.45) is 0 Å². The zero-order valence-corrected chi connectivity index (χ0v) is 14.1. The average molecular weight is 293 g/mol. The van der Waals surface area contributed by atoms with Crippen LogP contribution >= 0.6 is 0 Å². The van der Waals surface area contributed by atoms with E-state index in [1.165, 1.54) is 50.5 Å². The maximum absolute atomic E-state index is 13.4. The Morgan fingerprint density at radius 1 is 1.05 bits per heavy atom. The molecule has 0 fully saturated rings. The van der Waals surface area contributed by atoms with Crippen LogP contribution in [0.2, 0.25) is 0 Å². The molecule has 1 rings (SSSR count). The number of nitrogens with one attached hydrogen (secondary N) is 1. The molecule has 0 heterocycles. The summed E-state index contributed by atoms with van der Waals surface area (Å²) in [4.78, 5) is 0. The number of hydrogen-bond donors (Lipinski definition) is 1. The lowest BCUT2D eigenvalue weighted by Gasteiger charge is -2.19. The molecule has 0 aliphatic rings. The first-order valence-electron chi connectivity index (χ1n) is 8.65. The van der Waals surface area contributed by atoms with Crippen LogP contribution in [0.25, 0.3) is 0 Å². The minimum absolute atomic E-state index is 0.120. The summed E-state index contributed by atoms with van der Waals surface area (Å²) in [6.45, 7) is 7.45. The normalized spacial score (nSPS) is 12.6. The first-order valence-corrected chi connectivity index (χ1v) is 8.65. The van der Waals surface area contributed by atoms with Crippen LogP contribution in [0.15, 0.2) is 18.2 Å². The predicted octanol–water partition coefficient (Wildman–Crippen LogP) is 5.41. The molecule has 0 bridgehead atoms. The summed E-state index contributed by atoms with van der Waals surface area (Å²) in [5.74, 6) is -0.120. The summed E-state index contributed by atoms with van der Waals surface area (Å²) in [5.41, 5.74) is 2.34. The fraction of sp³-hybridized carbons (Fsp3) is 0.684. The molecule has 1 aromatic carbocycles. The van der Waals surface area contributed by atoms with Gasteiger partial charge >= 0.3 is 0 Å². The van der Waals surface area contributed by atoms with E-state index in [1.807, 2.05) is 6.07 Å². The molecule has 0 spiro atoms. The SMILES string of the molecule is CCCCCCCCC(Cc1cc(F)ccc1C)NCC. The second-order valence-electron chi connectivity index (χ2n) is 6.09. The maximum atomic E-state index is 13.4. The molecule has 1 N–H and O–H groups in total. The highest BCUT2D eigenvalue weighted by atomic mass is 19.1. The van der Waals surface area contributed by atoms with Gasteiger partial charge in [0.1, 0.15) is 5.82 Å². The molecule has 120 valence electrons. The van der Waals surface area contributed by atoms with Crippen molar-refractivity contribution in [3.63, 3.8) is 0 Å². The number of aryl methyl sites for hydroxylation is 1. The maximum Gasteiger partial charge on any atom is 0.123 e. The Balaban J connectivity index is 2.40. The third-order valence-corrected chi connectivity index (χ3v) is 4.18. The van der Waals surface area contributed by atoms with Crippen molar-refractivity contribution in [2.75, 3.05) is 6.54 Å². The molecule has 0 aliphatic heterocycles. The van der Waals surface area contributed by atoms with E-state index in [0.717, 1.165) is 18.5 Å². The first kappa shape index (κ1) is 18.2. The summed E-state index contributed by atoms with van der Waals surface area (Å²) in [5, 5.41) is 3.56. The van der Waals surface area contributed by atoms with E-state index in [-0.39, 0.29) is 5.82 Å². The van der Waals surface area contributed by atoms with E-state index in [4.69, 9.17) is 0 Å². The van der Waals surface area contributed by atoms with Gasteiger partial charge in [-0.3, -0.25) is 0 Å². The fourth-order valence-corrected chi connectivity index (χ4v) is 2.86. The van der Waals surface area contributed by atoms with Gasteiger partial charge in [0.2, 0.25) is 0 Å². The lowest BCUT2D eigenvalue weighted by Crippen LogP contribution is -2.31. The van der Waals surface area contributed by atoms with Gasteiger partial charge in [0.25, 0.3) is 0 Å². The van der Waals surface area contributed by atoms with Crippen LogP contribution in [-0.2, 0) is 6.42 Å². The van der Waals surface area contributed by atoms with Crippen LogP contribution in [0.3, 0.4) is 0 Å². The van der Waals surface area contributed by atoms with Crippen LogP contribution in [0.5, 0.6) is 0 Å². The van der Waals surface area contributed by atoms with E-state index in [9.17, 15) is 4.39 Å². The third kappa shape index (κ3) is 7.61. The largest absolute Gasteiger partial charge is 0.314 e. The minimum atomic E-state index is -0.120. The van der Waals surface area contributed by atoms with Crippen LogP contribution < -0.4 is 5.32 Å². The van der Waals surface area contributed by atoms with Gasteiger partial charge in [-0.25, -0.2) is 4.39 Å². The van der Waals surface area contributed by atoms with Gasteiger partial charge in [0, 0.05) is 6.04 Å². The number of benzene rings is 1. The highest BCUT2D eigenvalue weighted by Gasteiger charge is 2.10. The van der Waals surface area contributed by atoms with E-state index in [0.29, 0.717) is 6.04 Å². The van der Waals surface area contributed by atoms with Crippen LogP contribution in [0.1, 0.15) is 69.9 Å². The molecule has 0 aromatic heterocycles. The Hall–Kier alpha value is -0.890. The Morgan fingerprint density at radius 3 is 2.48 bits per heavy atom. The third-order valence-electron chi connectivity index (χ3n) is 4.18. The monoisotopic (exact) mass is 293 g/mol. The molecular weight excluding hydrogens is 261 g/mol. The van der Waals surface area contributed by atoms with Crippen LogP contribution in [-0.4, -0.2) is 12.6 Å². The Bertz CT molecular complexity index is 389. The van der Waals surface area contributed by atoms with Crippen molar-refractivity contribution in [1.29, 1.82) is 0 Å². The van der Waals surface area contributed by atoms with Crippen molar-refractivity contribution < 1.29 is 4.39 Å². The Kier molecular flexibility index (Phi) is 9.32. The zero-order valence-electron chi connectivity index (χ0n) is 14.1. The zero-order chi connectivity index (χ0) is 15.5. The number of hydrogen-bond acceptors (Lipinski definition) is 1. The quantitative estimate of drug-likeness (QED) is 0.538. The molecule has 0 saturated carbocycles. The summed E-state index contributed by atoms with van der Waals surface area (Å²) in [7, 11) is 0. The van der Waals surface area contributed by atoms with E-state index >= 15 is 0 Å². The highest BCUT2D eigenvalue weighted by Crippen LogP contribution is 2.16. The lowest BCUT2D eigenvalue weighted by atomic mass is 9.96. The van der Waals surface area contributed by atoms with Gasteiger partial charge in [-0.15, -0.1) is 0 Å². The molecule has 21 heavy (non-hydrogen) atoms. The van der Waals surface area contributed by atoms with Gasteiger partial charge in [0.05, 0.1) is 0 Å². The van der Waals surface area contributed by atoms with Crippen molar-refractivity contribution in [3.8, 4) is 0 Å². The Labute approximate surface area is 130 Å². The second kappa shape index (κ2) is 10.8. The van der Waals surface area contributed by atoms with Gasteiger partial charge in [0.15, 0.2) is 0 Å². The van der Waals surface area contributed by atoms with Crippen LogP contribution in [0, 0.1) is 12.7 Å². The van der Waals surface area contributed by atoms with Gasteiger partial charge in [-0.1, -0.05) is 58.4 Å². The van der Waals surface area contributed by atoms with E-state index in [2.05, 4.69) is 26.1 Å². The van der Waals surface area contributed by atoms with Crippen molar-refractivity contribution in [3.05, 3.63) is 35.1 Å². The number of rotatable bonds is 11. The van der Waals surface area contributed by atoms with E-state index < -0.39 is 0 Å². The predicted molar refractivity (Wildman–Crippen MR) is 90.3 cm³/mol. The molecule has 1 aromatic rings. The molecule has 0 saturated heterocycles. The molecule has 1 atom stereocenters. The first-order chi connectivity index (χ1) is 10.2. The molecule has 0 amide bonds. The standard InChI is InChI=1S/C19H32FN/c1-4-6-7-8-9-10-11-19(21-5-2)15-17-14-18(20)13-12-16(17)3/h12-14,19,21H,4-11,15H2,1-3H3. The number of likely N-dealkylation sites (N-methyl/N-ethyl adjacent to an activating group) is 1. The van der Waals surface area contributed by atoms with E-state index in [1.54, 1.807) is 12.1 Å². The van der Waals surface area contributed by atoms with Crippen molar-refractivity contribution >= 4 is 0 Å². The molecule has 1 nitrogen and oxygen atoms in total. The van der Waals surface area contributed by atoms with Gasteiger partial charge < -0.3 is 5.32 Å². The Morgan fingerprint density at radius 2 is 1.76 bits per heavy atom. The summed E-state index contributed by atoms with van der Waals surface area (Å²) in [6, 6.07) is 5.61. The van der Waals surface area contributed by atoms with Gasteiger partial charge in [-0.2, -0.15) is 0 Å². The molecule has 0 radical (unpaired) electrons. The lowest BCUT2D eigenvalue weighted by molar-refractivity contribution is 0.458. The summed E-state index contributed by atoms with van der Waals surface area (Å²) in [6.07, 6.45) is 10.1. The fourth-order valence-electron chi connectivity index (χ4n) is 2.86. The number of unbranched alkanes of at least 4 members (excludes halogenated alkanes) is 5. The average Bonchev–Trinajstić information content (AvgIpc) is 2.46. The smallest absolute Gasteiger partial charge is 0.123 e. The molecular formula is C19H32FN. The highest BCUT2D eigenvalue weighted by molar-refractivity contribution is 5.27. The van der Waals surface area contributed by atoms with Crippen LogP contribution in [0.4, 0.5) is 4.39 Å².